The molecule has 0 radical (unpaired) electrons. The standard InChI is InChI=1S/C21H23N9O4/c1-12(13-4-6-14(7-5-13)30-10-15(18(22)32)25-26-30)24-16(31)8-9-29-11-23-19-17(29)20(33)28(3)21(34)27(19)2/h4-7,10-12H,8-9H2,1-3H3,(H2,22,32)(H,24,31)/t12-/m0/s1. The fourth-order valence-corrected chi connectivity index (χ4v) is 3.60. The van der Waals surface area contributed by atoms with Crippen LogP contribution in [0.4, 0.5) is 0 Å². The van der Waals surface area contributed by atoms with E-state index >= 15 is 0 Å². The van der Waals surface area contributed by atoms with Gasteiger partial charge in [0, 0.05) is 27.1 Å². The zero-order valence-electron chi connectivity index (χ0n) is 18.8. The Bertz CT molecular complexity index is 1510. The van der Waals surface area contributed by atoms with Crippen LogP contribution in [0.2, 0.25) is 0 Å². The van der Waals surface area contributed by atoms with Crippen molar-refractivity contribution in [2.75, 3.05) is 0 Å². The van der Waals surface area contributed by atoms with Crippen molar-refractivity contribution in [1.29, 1.82) is 0 Å². The second-order valence-electron chi connectivity index (χ2n) is 7.86. The number of hydrogen-bond donors (Lipinski definition) is 2. The molecule has 0 bridgehead atoms. The monoisotopic (exact) mass is 465 g/mol. The molecule has 0 aliphatic carbocycles. The van der Waals surface area contributed by atoms with Gasteiger partial charge in [-0.25, -0.2) is 14.5 Å². The van der Waals surface area contributed by atoms with Crippen LogP contribution in [0.1, 0.15) is 35.4 Å². The van der Waals surface area contributed by atoms with Crippen LogP contribution >= 0.6 is 0 Å². The molecule has 0 saturated carbocycles. The number of rotatable bonds is 7. The summed E-state index contributed by atoms with van der Waals surface area (Å²) in [6.45, 7) is 2.08. The molecule has 0 spiro atoms. The van der Waals surface area contributed by atoms with Crippen LogP contribution in [-0.4, -0.2) is 45.5 Å². The number of carbonyl (C=O) groups excluding carboxylic acids is 2. The Morgan fingerprint density at radius 2 is 1.82 bits per heavy atom. The van der Waals surface area contributed by atoms with E-state index in [0.29, 0.717) is 5.69 Å². The third kappa shape index (κ3) is 4.10. The molecular formula is C21H23N9O4. The predicted octanol–water partition coefficient (Wildman–Crippen LogP) is -0.619. The summed E-state index contributed by atoms with van der Waals surface area (Å²) in [6, 6.07) is 6.97. The summed E-state index contributed by atoms with van der Waals surface area (Å²) in [5.74, 6) is -0.866. The fraction of sp³-hybridized carbons (Fsp3) is 0.286. The van der Waals surface area contributed by atoms with Gasteiger partial charge in [0.05, 0.1) is 24.3 Å². The summed E-state index contributed by atoms with van der Waals surface area (Å²) in [5.41, 5.74) is 6.44. The molecular weight excluding hydrogens is 442 g/mol. The first kappa shape index (κ1) is 22.6. The van der Waals surface area contributed by atoms with Crippen LogP contribution in [0.15, 0.2) is 46.4 Å². The van der Waals surface area contributed by atoms with E-state index in [1.54, 1.807) is 23.7 Å². The van der Waals surface area contributed by atoms with Gasteiger partial charge in [0.2, 0.25) is 5.91 Å². The lowest BCUT2D eigenvalue weighted by atomic mass is 10.1. The second-order valence-corrected chi connectivity index (χ2v) is 7.86. The smallest absolute Gasteiger partial charge is 0.332 e. The van der Waals surface area contributed by atoms with E-state index in [9.17, 15) is 19.2 Å². The Labute approximate surface area is 192 Å². The molecule has 0 saturated heterocycles. The molecule has 176 valence electrons. The lowest BCUT2D eigenvalue weighted by molar-refractivity contribution is -0.121. The molecule has 3 heterocycles. The first-order chi connectivity index (χ1) is 16.2. The van der Waals surface area contributed by atoms with E-state index in [4.69, 9.17) is 5.73 Å². The van der Waals surface area contributed by atoms with Gasteiger partial charge in [0.15, 0.2) is 16.9 Å². The van der Waals surface area contributed by atoms with Crippen molar-refractivity contribution in [2.45, 2.75) is 25.9 Å². The molecule has 4 rings (SSSR count). The molecule has 1 atom stereocenters. The minimum absolute atomic E-state index is 0.0652. The number of fused-ring (bicyclic) bond motifs is 1. The van der Waals surface area contributed by atoms with E-state index in [-0.39, 0.29) is 41.8 Å². The lowest BCUT2D eigenvalue weighted by Gasteiger charge is -2.15. The number of benzene rings is 1. The van der Waals surface area contributed by atoms with Crippen molar-refractivity contribution < 1.29 is 9.59 Å². The van der Waals surface area contributed by atoms with Crippen molar-refractivity contribution in [2.24, 2.45) is 19.8 Å². The van der Waals surface area contributed by atoms with E-state index in [0.717, 1.165) is 10.1 Å². The van der Waals surface area contributed by atoms with E-state index in [1.165, 1.54) is 28.8 Å². The van der Waals surface area contributed by atoms with Gasteiger partial charge in [0.1, 0.15) is 0 Å². The minimum atomic E-state index is -0.660. The number of aromatic nitrogens is 7. The molecule has 13 nitrogen and oxygen atoms in total. The summed E-state index contributed by atoms with van der Waals surface area (Å²) in [4.78, 5) is 52.4. The number of amides is 2. The van der Waals surface area contributed by atoms with Gasteiger partial charge in [-0.2, -0.15) is 0 Å². The molecule has 0 fully saturated rings. The third-order valence-electron chi connectivity index (χ3n) is 5.58. The average molecular weight is 465 g/mol. The Hall–Kier alpha value is -4.55. The quantitative estimate of drug-likeness (QED) is 0.367. The number of aryl methyl sites for hydroxylation is 2. The van der Waals surface area contributed by atoms with Crippen LogP contribution in [-0.2, 0) is 25.4 Å². The number of nitrogens with zero attached hydrogens (tertiary/aromatic N) is 7. The van der Waals surface area contributed by atoms with Crippen molar-refractivity contribution in [1.82, 2.24) is 39.0 Å². The van der Waals surface area contributed by atoms with Gasteiger partial charge >= 0.3 is 5.69 Å². The van der Waals surface area contributed by atoms with Crippen LogP contribution < -0.4 is 22.3 Å². The van der Waals surface area contributed by atoms with Crippen molar-refractivity contribution in [3.05, 3.63) is 68.9 Å². The second kappa shape index (κ2) is 8.77. The molecule has 0 unspecified atom stereocenters. The number of nitrogens with one attached hydrogen (secondary N) is 1. The maximum absolute atomic E-state index is 12.5. The predicted molar refractivity (Wildman–Crippen MR) is 121 cm³/mol. The van der Waals surface area contributed by atoms with Crippen LogP contribution in [0.3, 0.4) is 0 Å². The van der Waals surface area contributed by atoms with Gasteiger partial charge in [-0.15, -0.1) is 5.10 Å². The van der Waals surface area contributed by atoms with Crippen LogP contribution in [0.25, 0.3) is 16.9 Å². The molecule has 0 aliphatic heterocycles. The molecule has 2 amide bonds. The zero-order valence-corrected chi connectivity index (χ0v) is 18.8. The number of nitrogens with two attached hydrogens (primary N) is 1. The van der Waals surface area contributed by atoms with Gasteiger partial charge in [0.25, 0.3) is 11.5 Å². The number of primary amides is 1. The highest BCUT2D eigenvalue weighted by atomic mass is 16.2. The van der Waals surface area contributed by atoms with Crippen molar-refractivity contribution >= 4 is 23.0 Å². The van der Waals surface area contributed by atoms with Crippen molar-refractivity contribution in [3.8, 4) is 5.69 Å². The van der Waals surface area contributed by atoms with E-state index in [1.807, 2.05) is 19.1 Å². The Kier molecular flexibility index (Phi) is 5.84. The van der Waals surface area contributed by atoms with Gasteiger partial charge < -0.3 is 15.6 Å². The first-order valence-corrected chi connectivity index (χ1v) is 10.4. The Balaban J connectivity index is 1.41. The highest BCUT2D eigenvalue weighted by molar-refractivity contribution is 5.90. The number of hydrogen-bond acceptors (Lipinski definition) is 7. The van der Waals surface area contributed by atoms with Crippen LogP contribution in [0, 0.1) is 0 Å². The first-order valence-electron chi connectivity index (χ1n) is 10.4. The highest BCUT2D eigenvalue weighted by Crippen LogP contribution is 2.16. The molecule has 13 heteroatoms. The normalized spacial score (nSPS) is 12.1. The molecule has 34 heavy (non-hydrogen) atoms. The molecule has 3 N–H and O–H groups in total. The summed E-state index contributed by atoms with van der Waals surface area (Å²) < 4.78 is 5.32. The fourth-order valence-electron chi connectivity index (χ4n) is 3.60. The van der Waals surface area contributed by atoms with Crippen molar-refractivity contribution in [3.63, 3.8) is 0 Å². The topological polar surface area (TPSA) is 165 Å². The summed E-state index contributed by atoms with van der Waals surface area (Å²) >= 11 is 0. The molecule has 4 aromatic rings. The SMILES string of the molecule is C[C@H](NC(=O)CCn1cnc2c1c(=O)n(C)c(=O)n2C)c1ccc(-n2cc(C(N)=O)nn2)cc1. The Morgan fingerprint density at radius 3 is 2.47 bits per heavy atom. The van der Waals surface area contributed by atoms with Gasteiger partial charge in [-0.3, -0.25) is 23.5 Å². The van der Waals surface area contributed by atoms with Gasteiger partial charge in [-0.1, -0.05) is 17.3 Å². The lowest BCUT2D eigenvalue weighted by Crippen LogP contribution is -2.37. The van der Waals surface area contributed by atoms with Gasteiger partial charge in [-0.05, 0) is 24.6 Å². The largest absolute Gasteiger partial charge is 0.364 e. The number of carbonyl (C=O) groups is 2. The van der Waals surface area contributed by atoms with E-state index < -0.39 is 17.2 Å². The molecule has 3 aromatic heterocycles. The summed E-state index contributed by atoms with van der Waals surface area (Å²) in [5, 5.41) is 10.5. The average Bonchev–Trinajstić information content (AvgIpc) is 3.48. The maximum atomic E-state index is 12.5. The molecule has 1 aromatic carbocycles. The highest BCUT2D eigenvalue weighted by Gasteiger charge is 2.16. The Morgan fingerprint density at radius 1 is 1.12 bits per heavy atom. The van der Waals surface area contributed by atoms with Crippen LogP contribution in [0.5, 0.6) is 0 Å². The minimum Gasteiger partial charge on any atom is -0.364 e. The third-order valence-corrected chi connectivity index (χ3v) is 5.58. The number of imidazole rings is 1. The van der Waals surface area contributed by atoms with E-state index in [2.05, 4.69) is 20.6 Å². The molecule has 0 aliphatic rings. The zero-order chi connectivity index (χ0) is 24.6. The maximum Gasteiger partial charge on any atom is 0.332 e. The summed E-state index contributed by atoms with van der Waals surface area (Å²) in [7, 11) is 2.95. The summed E-state index contributed by atoms with van der Waals surface area (Å²) in [6.07, 6.45) is 3.01.